The molecule has 0 saturated carbocycles. The zero-order valence-corrected chi connectivity index (χ0v) is 14.8. The highest BCUT2D eigenvalue weighted by molar-refractivity contribution is 7.71. The quantitative estimate of drug-likeness (QED) is 0.549. The van der Waals surface area contributed by atoms with E-state index in [1.54, 1.807) is 10.9 Å². The molecule has 5 nitrogen and oxygen atoms in total. The largest absolute Gasteiger partial charge is 0.493 e. The van der Waals surface area contributed by atoms with Crippen molar-refractivity contribution in [3.63, 3.8) is 0 Å². The molecule has 0 unspecified atom stereocenters. The smallest absolute Gasteiger partial charge is 0.216 e. The molecule has 1 N–H and O–H groups in total. The van der Waals surface area contributed by atoms with Gasteiger partial charge in [-0.3, -0.25) is 5.10 Å². The third-order valence-electron chi connectivity index (χ3n) is 3.72. The minimum atomic E-state index is 0.217. The van der Waals surface area contributed by atoms with Gasteiger partial charge in [0.1, 0.15) is 5.75 Å². The first-order valence-corrected chi connectivity index (χ1v) is 8.38. The van der Waals surface area contributed by atoms with Crippen LogP contribution in [0.5, 0.6) is 5.75 Å². The molecule has 6 heteroatoms. The van der Waals surface area contributed by atoms with Crippen molar-refractivity contribution in [1.82, 2.24) is 14.9 Å². The number of benzene rings is 2. The van der Waals surface area contributed by atoms with Gasteiger partial charge in [0.15, 0.2) is 5.82 Å². The Morgan fingerprint density at radius 3 is 2.83 bits per heavy atom. The minimum absolute atomic E-state index is 0.217. The summed E-state index contributed by atoms with van der Waals surface area (Å²) in [7, 11) is 0. The van der Waals surface area contributed by atoms with Crippen LogP contribution in [0, 0.1) is 4.77 Å². The van der Waals surface area contributed by atoms with Crippen molar-refractivity contribution in [2.24, 2.45) is 5.10 Å². The Bertz CT molecular complexity index is 940. The Hall–Kier alpha value is -2.47. The number of H-pyrrole nitrogens is 1. The van der Waals surface area contributed by atoms with Crippen LogP contribution in [0.2, 0.25) is 0 Å². The fourth-order valence-corrected chi connectivity index (χ4v) is 2.78. The average Bonchev–Trinajstić information content (AvgIpc) is 2.95. The number of nitrogens with zero attached hydrogens (tertiary/aromatic N) is 3. The molecule has 124 valence electrons. The summed E-state index contributed by atoms with van der Waals surface area (Å²) in [4.78, 5) is 0. The van der Waals surface area contributed by atoms with Gasteiger partial charge in [-0.25, -0.2) is 0 Å². The van der Waals surface area contributed by atoms with Crippen molar-refractivity contribution < 1.29 is 4.74 Å². The molecule has 0 amide bonds. The zero-order chi connectivity index (χ0) is 17.1. The SMILES string of the molecule is CCOc1ccc2ccccc2c1C=Nn1c(C(C)C)n[nH]c1=S. The summed E-state index contributed by atoms with van der Waals surface area (Å²) in [5, 5.41) is 13.8. The molecule has 0 saturated heterocycles. The number of hydrogen-bond donors (Lipinski definition) is 1. The van der Waals surface area contributed by atoms with Crippen LogP contribution in [-0.2, 0) is 0 Å². The number of ether oxygens (including phenoxy) is 1. The molecule has 3 aromatic rings. The van der Waals surface area contributed by atoms with Crippen LogP contribution in [0.1, 0.15) is 38.1 Å². The minimum Gasteiger partial charge on any atom is -0.493 e. The van der Waals surface area contributed by atoms with Crippen LogP contribution in [0.3, 0.4) is 0 Å². The zero-order valence-electron chi connectivity index (χ0n) is 14.0. The normalized spacial score (nSPS) is 11.7. The molecule has 0 atom stereocenters. The van der Waals surface area contributed by atoms with E-state index in [1.807, 2.05) is 25.1 Å². The van der Waals surface area contributed by atoms with Crippen LogP contribution < -0.4 is 4.74 Å². The lowest BCUT2D eigenvalue weighted by Crippen LogP contribution is -2.02. The van der Waals surface area contributed by atoms with Crippen molar-refractivity contribution in [1.29, 1.82) is 0 Å². The van der Waals surface area contributed by atoms with E-state index in [0.29, 0.717) is 11.4 Å². The maximum Gasteiger partial charge on any atom is 0.216 e. The van der Waals surface area contributed by atoms with Gasteiger partial charge in [-0.05, 0) is 36.0 Å². The molecule has 0 aliphatic heterocycles. The van der Waals surface area contributed by atoms with Crippen LogP contribution in [0.15, 0.2) is 41.5 Å². The Morgan fingerprint density at radius 1 is 1.29 bits per heavy atom. The van der Waals surface area contributed by atoms with Gasteiger partial charge < -0.3 is 4.74 Å². The highest BCUT2D eigenvalue weighted by Crippen LogP contribution is 2.27. The molecule has 0 bridgehead atoms. The summed E-state index contributed by atoms with van der Waals surface area (Å²) in [6, 6.07) is 12.2. The molecule has 0 radical (unpaired) electrons. The van der Waals surface area contributed by atoms with Crippen molar-refractivity contribution >= 4 is 29.2 Å². The first-order chi connectivity index (χ1) is 11.6. The van der Waals surface area contributed by atoms with E-state index in [4.69, 9.17) is 17.0 Å². The van der Waals surface area contributed by atoms with Gasteiger partial charge in [-0.2, -0.15) is 14.9 Å². The van der Waals surface area contributed by atoms with Gasteiger partial charge in [-0.1, -0.05) is 44.2 Å². The van der Waals surface area contributed by atoms with Gasteiger partial charge >= 0.3 is 0 Å². The van der Waals surface area contributed by atoms with Gasteiger partial charge in [0.2, 0.25) is 4.77 Å². The number of rotatable bonds is 5. The standard InChI is InChI=1S/C18H20N4OS/c1-4-23-16-10-9-13-7-5-6-8-14(13)15(16)11-19-22-17(12(2)3)20-21-18(22)24/h5-12H,4H2,1-3H3,(H,21,24). The summed E-state index contributed by atoms with van der Waals surface area (Å²) in [6.45, 7) is 6.68. The molecule has 0 fully saturated rings. The van der Waals surface area contributed by atoms with Gasteiger partial charge in [0, 0.05) is 11.5 Å². The predicted molar refractivity (Wildman–Crippen MR) is 99.6 cm³/mol. The topological polar surface area (TPSA) is 55.2 Å². The Labute approximate surface area is 146 Å². The Morgan fingerprint density at radius 2 is 2.08 bits per heavy atom. The molecule has 2 aromatic carbocycles. The van der Waals surface area contributed by atoms with Gasteiger partial charge in [-0.15, -0.1) is 0 Å². The lowest BCUT2D eigenvalue weighted by Gasteiger charge is -2.10. The summed E-state index contributed by atoms with van der Waals surface area (Å²) in [5.74, 6) is 1.82. The highest BCUT2D eigenvalue weighted by Gasteiger charge is 2.10. The molecule has 0 aliphatic rings. The first kappa shape index (κ1) is 16.4. The predicted octanol–water partition coefficient (Wildman–Crippen LogP) is 4.50. The summed E-state index contributed by atoms with van der Waals surface area (Å²) in [6.07, 6.45) is 1.80. The second kappa shape index (κ2) is 6.97. The Balaban J connectivity index is 2.14. The Kier molecular flexibility index (Phi) is 4.76. The van der Waals surface area contributed by atoms with Crippen LogP contribution in [0.25, 0.3) is 10.8 Å². The van der Waals surface area contributed by atoms with E-state index < -0.39 is 0 Å². The van der Waals surface area contributed by atoms with Crippen LogP contribution in [-0.4, -0.2) is 27.7 Å². The molecule has 0 aliphatic carbocycles. The molecular weight excluding hydrogens is 320 g/mol. The summed E-state index contributed by atoms with van der Waals surface area (Å²) in [5.41, 5.74) is 0.938. The van der Waals surface area contributed by atoms with Crippen molar-refractivity contribution in [3.05, 3.63) is 52.6 Å². The fraction of sp³-hybridized carbons (Fsp3) is 0.278. The average molecular weight is 340 g/mol. The third kappa shape index (κ3) is 3.10. The lowest BCUT2D eigenvalue weighted by molar-refractivity contribution is 0.340. The fourth-order valence-electron chi connectivity index (χ4n) is 2.59. The molecule has 24 heavy (non-hydrogen) atoms. The number of fused-ring (bicyclic) bond motifs is 1. The lowest BCUT2D eigenvalue weighted by atomic mass is 10.0. The molecule has 1 heterocycles. The van der Waals surface area contributed by atoms with Gasteiger partial charge in [0.05, 0.1) is 12.8 Å². The number of nitrogens with one attached hydrogen (secondary N) is 1. The number of aromatic amines is 1. The van der Waals surface area contributed by atoms with Crippen molar-refractivity contribution in [2.45, 2.75) is 26.7 Å². The van der Waals surface area contributed by atoms with E-state index >= 15 is 0 Å². The van der Waals surface area contributed by atoms with Gasteiger partial charge in [0.25, 0.3) is 0 Å². The second-order valence-corrected chi connectivity index (χ2v) is 6.12. The summed E-state index contributed by atoms with van der Waals surface area (Å²) < 4.78 is 7.92. The molecule has 0 spiro atoms. The van der Waals surface area contributed by atoms with Crippen LogP contribution in [0.4, 0.5) is 0 Å². The van der Waals surface area contributed by atoms with Crippen molar-refractivity contribution in [2.75, 3.05) is 6.61 Å². The molecule has 3 rings (SSSR count). The maximum atomic E-state index is 5.77. The second-order valence-electron chi connectivity index (χ2n) is 5.73. The third-order valence-corrected chi connectivity index (χ3v) is 3.99. The van der Waals surface area contributed by atoms with Crippen LogP contribution >= 0.6 is 12.2 Å². The van der Waals surface area contributed by atoms with E-state index in [0.717, 1.165) is 27.9 Å². The maximum absolute atomic E-state index is 5.77. The summed E-state index contributed by atoms with van der Waals surface area (Å²) >= 11 is 5.29. The highest BCUT2D eigenvalue weighted by atomic mass is 32.1. The van der Waals surface area contributed by atoms with E-state index in [1.165, 1.54) is 0 Å². The first-order valence-electron chi connectivity index (χ1n) is 7.98. The van der Waals surface area contributed by atoms with E-state index in [-0.39, 0.29) is 5.92 Å². The van der Waals surface area contributed by atoms with E-state index in [9.17, 15) is 0 Å². The monoisotopic (exact) mass is 340 g/mol. The van der Waals surface area contributed by atoms with Crippen molar-refractivity contribution in [3.8, 4) is 5.75 Å². The number of hydrogen-bond acceptors (Lipinski definition) is 4. The number of aromatic nitrogens is 3. The molecule has 1 aromatic heterocycles. The molecular formula is C18H20N4OS. The van der Waals surface area contributed by atoms with E-state index in [2.05, 4.69) is 47.3 Å².